The highest BCUT2D eigenvalue weighted by Gasteiger charge is 2.18. The number of halogens is 1. The van der Waals surface area contributed by atoms with Crippen molar-refractivity contribution >= 4 is 28.2 Å². The molecule has 0 atom stereocenters. The van der Waals surface area contributed by atoms with Crippen LogP contribution in [0.3, 0.4) is 0 Å². The maximum Gasteiger partial charge on any atom is 0.149 e. The van der Waals surface area contributed by atoms with Crippen molar-refractivity contribution in [2.24, 2.45) is 11.8 Å². The molecule has 0 aliphatic carbocycles. The smallest absolute Gasteiger partial charge is 0.149 e. The molecule has 0 saturated heterocycles. The number of fused-ring (bicyclic) bond motifs is 1. The van der Waals surface area contributed by atoms with Crippen molar-refractivity contribution in [1.29, 1.82) is 0 Å². The van der Waals surface area contributed by atoms with Crippen LogP contribution in [0, 0.1) is 5.92 Å². The van der Waals surface area contributed by atoms with Crippen LogP contribution >= 0.6 is 11.6 Å². The van der Waals surface area contributed by atoms with Gasteiger partial charge in [0, 0.05) is 11.8 Å². The van der Waals surface area contributed by atoms with E-state index >= 15 is 0 Å². The second kappa shape index (κ2) is 6.37. The van der Waals surface area contributed by atoms with Crippen LogP contribution in [0.25, 0.3) is 10.9 Å². The first-order valence-corrected chi connectivity index (χ1v) is 7.10. The third-order valence-electron chi connectivity index (χ3n) is 3.20. The number of anilines is 1. The Morgan fingerprint density at radius 1 is 1.29 bits per heavy atom. The predicted octanol–water partition coefficient (Wildman–Crippen LogP) is 3.39. The SMILES string of the molecule is COc1cc(Cl)c(OC)c2c(NN)cc(CC(C)C)nc12. The van der Waals surface area contributed by atoms with Gasteiger partial charge >= 0.3 is 0 Å². The van der Waals surface area contributed by atoms with Gasteiger partial charge in [0.2, 0.25) is 0 Å². The summed E-state index contributed by atoms with van der Waals surface area (Å²) in [4.78, 5) is 4.69. The molecule has 0 bridgehead atoms. The average Bonchev–Trinajstić information content (AvgIpc) is 2.45. The van der Waals surface area contributed by atoms with Gasteiger partial charge in [-0.3, -0.25) is 5.84 Å². The molecule has 0 fully saturated rings. The van der Waals surface area contributed by atoms with Crippen molar-refractivity contribution in [3.05, 3.63) is 22.8 Å². The van der Waals surface area contributed by atoms with E-state index < -0.39 is 0 Å². The van der Waals surface area contributed by atoms with Gasteiger partial charge in [0.05, 0.1) is 30.3 Å². The molecule has 114 valence electrons. The molecule has 21 heavy (non-hydrogen) atoms. The van der Waals surface area contributed by atoms with E-state index in [2.05, 4.69) is 24.3 Å². The zero-order valence-electron chi connectivity index (χ0n) is 12.7. The number of methoxy groups -OCH3 is 2. The molecule has 1 heterocycles. The van der Waals surface area contributed by atoms with E-state index in [1.165, 1.54) is 0 Å². The molecule has 2 aromatic rings. The number of aromatic nitrogens is 1. The normalized spacial score (nSPS) is 11.0. The zero-order valence-corrected chi connectivity index (χ0v) is 13.4. The molecule has 0 radical (unpaired) electrons. The van der Waals surface area contributed by atoms with Gasteiger partial charge in [0.15, 0.2) is 0 Å². The first-order valence-electron chi connectivity index (χ1n) is 6.72. The van der Waals surface area contributed by atoms with E-state index in [-0.39, 0.29) is 0 Å². The summed E-state index contributed by atoms with van der Waals surface area (Å²) in [7, 11) is 3.15. The van der Waals surface area contributed by atoms with Crippen molar-refractivity contribution in [3.8, 4) is 11.5 Å². The number of hydrogen-bond donors (Lipinski definition) is 2. The number of rotatable bonds is 5. The van der Waals surface area contributed by atoms with Crippen LogP contribution in [0.1, 0.15) is 19.5 Å². The van der Waals surface area contributed by atoms with Gasteiger partial charge in [-0.2, -0.15) is 0 Å². The molecule has 3 N–H and O–H groups in total. The number of nitrogen functional groups attached to an aromatic ring is 1. The molecule has 0 aliphatic heterocycles. The minimum atomic E-state index is 0.455. The molecular formula is C15H20ClN3O2. The van der Waals surface area contributed by atoms with E-state index in [9.17, 15) is 0 Å². The van der Waals surface area contributed by atoms with Crippen LogP contribution in [-0.2, 0) is 6.42 Å². The molecule has 0 unspecified atom stereocenters. The van der Waals surface area contributed by atoms with Gasteiger partial charge in [-0.15, -0.1) is 0 Å². The Labute approximate surface area is 129 Å². The number of benzene rings is 1. The van der Waals surface area contributed by atoms with Gasteiger partial charge in [0.25, 0.3) is 0 Å². The maximum absolute atomic E-state index is 6.24. The zero-order chi connectivity index (χ0) is 15.6. The Hall–Kier alpha value is -1.72. The Morgan fingerprint density at radius 3 is 2.52 bits per heavy atom. The minimum absolute atomic E-state index is 0.455. The molecule has 0 aliphatic rings. The number of nitrogens with one attached hydrogen (secondary N) is 1. The summed E-state index contributed by atoms with van der Waals surface area (Å²) < 4.78 is 10.8. The topological polar surface area (TPSA) is 69.4 Å². The molecule has 0 saturated carbocycles. The van der Waals surface area contributed by atoms with E-state index in [1.807, 2.05) is 6.07 Å². The summed E-state index contributed by atoms with van der Waals surface area (Å²) in [5.74, 6) is 7.28. The highest BCUT2D eigenvalue weighted by atomic mass is 35.5. The average molecular weight is 310 g/mol. The van der Waals surface area contributed by atoms with Crippen LogP contribution in [-0.4, -0.2) is 19.2 Å². The van der Waals surface area contributed by atoms with Crippen LogP contribution in [0.15, 0.2) is 12.1 Å². The highest BCUT2D eigenvalue weighted by Crippen LogP contribution is 2.42. The lowest BCUT2D eigenvalue weighted by Crippen LogP contribution is -2.10. The van der Waals surface area contributed by atoms with Crippen molar-refractivity contribution in [2.45, 2.75) is 20.3 Å². The van der Waals surface area contributed by atoms with Crippen LogP contribution < -0.4 is 20.7 Å². The lowest BCUT2D eigenvalue weighted by Gasteiger charge is -2.16. The molecule has 0 spiro atoms. The summed E-state index contributed by atoms with van der Waals surface area (Å²) in [6, 6.07) is 3.62. The molecule has 2 rings (SSSR count). The third kappa shape index (κ3) is 2.99. The van der Waals surface area contributed by atoms with Crippen molar-refractivity contribution in [3.63, 3.8) is 0 Å². The van der Waals surface area contributed by atoms with Crippen LogP contribution in [0.2, 0.25) is 5.02 Å². The van der Waals surface area contributed by atoms with Gasteiger partial charge in [-0.25, -0.2) is 4.98 Å². The van der Waals surface area contributed by atoms with Crippen molar-refractivity contribution < 1.29 is 9.47 Å². The van der Waals surface area contributed by atoms with Gasteiger partial charge in [0.1, 0.15) is 17.0 Å². The Bertz CT molecular complexity index is 659. The predicted molar refractivity (Wildman–Crippen MR) is 86.2 cm³/mol. The second-order valence-electron chi connectivity index (χ2n) is 5.22. The van der Waals surface area contributed by atoms with E-state index in [1.54, 1.807) is 20.3 Å². The number of nitrogens with zero attached hydrogens (tertiary/aromatic N) is 1. The molecule has 5 nitrogen and oxygen atoms in total. The lowest BCUT2D eigenvalue weighted by molar-refractivity contribution is 0.410. The number of hydrogen-bond acceptors (Lipinski definition) is 5. The summed E-state index contributed by atoms with van der Waals surface area (Å²) in [5, 5.41) is 1.17. The lowest BCUT2D eigenvalue weighted by atomic mass is 10.0. The Balaban J connectivity index is 2.82. The molecular weight excluding hydrogens is 290 g/mol. The fourth-order valence-corrected chi connectivity index (χ4v) is 2.64. The van der Waals surface area contributed by atoms with Gasteiger partial charge in [-0.05, 0) is 18.4 Å². The fraction of sp³-hybridized carbons (Fsp3) is 0.400. The summed E-state index contributed by atoms with van der Waals surface area (Å²) in [6.07, 6.45) is 0.846. The summed E-state index contributed by atoms with van der Waals surface area (Å²) >= 11 is 6.24. The monoisotopic (exact) mass is 309 g/mol. The standard InChI is InChI=1S/C15H20ClN3O2/c1-8(2)5-9-6-11(19-17)13-14(18-9)12(20-3)7-10(16)15(13)21-4/h6-8H,5,17H2,1-4H3,(H,18,19). The molecule has 6 heteroatoms. The van der Waals surface area contributed by atoms with E-state index in [0.29, 0.717) is 33.6 Å². The van der Waals surface area contributed by atoms with Crippen molar-refractivity contribution in [2.75, 3.05) is 19.6 Å². The number of nitrogens with two attached hydrogens (primary N) is 1. The Morgan fingerprint density at radius 2 is 2.00 bits per heavy atom. The van der Waals surface area contributed by atoms with Crippen molar-refractivity contribution in [1.82, 2.24) is 4.98 Å². The Kier molecular flexibility index (Phi) is 4.75. The number of pyridine rings is 1. The maximum atomic E-state index is 6.24. The number of ether oxygens (including phenoxy) is 2. The third-order valence-corrected chi connectivity index (χ3v) is 3.49. The van der Waals surface area contributed by atoms with Gasteiger partial charge in [-0.1, -0.05) is 25.4 Å². The molecule has 1 aromatic heterocycles. The van der Waals surface area contributed by atoms with Gasteiger partial charge < -0.3 is 14.9 Å². The van der Waals surface area contributed by atoms with E-state index in [4.69, 9.17) is 26.9 Å². The molecule has 1 aromatic carbocycles. The minimum Gasteiger partial charge on any atom is -0.494 e. The first-order chi connectivity index (χ1) is 10.0. The number of hydrazine groups is 1. The quantitative estimate of drug-likeness (QED) is 0.654. The summed E-state index contributed by atoms with van der Waals surface area (Å²) in [6.45, 7) is 4.28. The van der Waals surface area contributed by atoms with Crippen LogP contribution in [0.4, 0.5) is 5.69 Å². The highest BCUT2D eigenvalue weighted by molar-refractivity contribution is 6.34. The van der Waals surface area contributed by atoms with Crippen LogP contribution in [0.5, 0.6) is 11.5 Å². The summed E-state index contributed by atoms with van der Waals surface area (Å²) in [5.41, 5.74) is 5.04. The molecule has 0 amide bonds. The largest absolute Gasteiger partial charge is 0.494 e. The van der Waals surface area contributed by atoms with E-state index in [0.717, 1.165) is 17.5 Å². The fourth-order valence-electron chi connectivity index (χ4n) is 2.37. The first kappa shape index (κ1) is 15.7. The second-order valence-corrected chi connectivity index (χ2v) is 5.63.